The van der Waals surface area contributed by atoms with Crippen molar-refractivity contribution in [3.05, 3.63) is 0 Å². The molecular formula is C7H14N2O2. The number of carbonyl (C=O) groups is 1. The van der Waals surface area contributed by atoms with Crippen LogP contribution in [0, 0.1) is 0 Å². The third-order valence-corrected chi connectivity index (χ3v) is 1.69. The van der Waals surface area contributed by atoms with Gasteiger partial charge in [0.25, 0.3) is 5.91 Å². The zero-order valence-corrected chi connectivity index (χ0v) is 6.58. The normalized spacial score (nSPS) is 22.5. The molecule has 1 amide bonds. The number of aliphatic hydroxyl groups excluding tert-OH is 1. The maximum absolute atomic E-state index is 11.0. The summed E-state index contributed by atoms with van der Waals surface area (Å²) in [5, 5.41) is 11.8. The minimum atomic E-state index is -1.06. The fourth-order valence-corrected chi connectivity index (χ4v) is 0.753. The predicted molar refractivity (Wildman–Crippen MR) is 40.8 cm³/mol. The third-order valence-electron chi connectivity index (χ3n) is 1.69. The van der Waals surface area contributed by atoms with Crippen molar-refractivity contribution in [1.82, 2.24) is 5.32 Å². The first-order valence-electron chi connectivity index (χ1n) is 3.85. The lowest BCUT2D eigenvalue weighted by molar-refractivity contribution is -0.130. The third kappa shape index (κ3) is 2.48. The highest BCUT2D eigenvalue weighted by Crippen LogP contribution is 2.18. The minimum Gasteiger partial charge on any atom is -0.382 e. The largest absolute Gasteiger partial charge is 0.382 e. The van der Waals surface area contributed by atoms with Crippen molar-refractivity contribution in [1.29, 1.82) is 0 Å². The van der Waals surface area contributed by atoms with Crippen LogP contribution in [0.4, 0.5) is 0 Å². The molecule has 0 bridgehead atoms. The Morgan fingerprint density at radius 3 is 2.64 bits per heavy atom. The lowest BCUT2D eigenvalue weighted by Crippen LogP contribution is -2.45. The van der Waals surface area contributed by atoms with Gasteiger partial charge in [0.2, 0.25) is 0 Å². The Morgan fingerprint density at radius 1 is 1.73 bits per heavy atom. The van der Waals surface area contributed by atoms with E-state index in [-0.39, 0.29) is 11.9 Å². The van der Waals surface area contributed by atoms with Crippen LogP contribution in [0.15, 0.2) is 0 Å². The van der Waals surface area contributed by atoms with Crippen LogP contribution in [0.25, 0.3) is 0 Å². The summed E-state index contributed by atoms with van der Waals surface area (Å²) in [6.07, 6.45) is 0.991. The predicted octanol–water partition coefficient (Wildman–Crippen LogP) is -1.03. The molecule has 0 aromatic carbocycles. The van der Waals surface area contributed by atoms with Crippen molar-refractivity contribution in [3.8, 4) is 0 Å². The van der Waals surface area contributed by atoms with Crippen LogP contribution in [0.2, 0.25) is 0 Å². The van der Waals surface area contributed by atoms with Crippen LogP contribution >= 0.6 is 0 Å². The van der Waals surface area contributed by atoms with Crippen molar-refractivity contribution < 1.29 is 9.90 Å². The van der Waals surface area contributed by atoms with Gasteiger partial charge in [-0.2, -0.15) is 0 Å². The second-order valence-electron chi connectivity index (χ2n) is 3.09. The smallest absolute Gasteiger partial charge is 0.250 e. The number of rotatable bonds is 3. The molecule has 0 saturated heterocycles. The molecule has 1 aliphatic carbocycles. The van der Waals surface area contributed by atoms with Crippen LogP contribution in [0.3, 0.4) is 0 Å². The van der Waals surface area contributed by atoms with Gasteiger partial charge in [-0.05, 0) is 19.8 Å². The maximum Gasteiger partial charge on any atom is 0.250 e. The van der Waals surface area contributed by atoms with E-state index in [1.165, 1.54) is 0 Å². The van der Waals surface area contributed by atoms with E-state index in [9.17, 15) is 4.79 Å². The lowest BCUT2D eigenvalue weighted by atomic mass is 10.2. The number of hydrogen-bond donors (Lipinski definition) is 3. The van der Waals surface area contributed by atoms with E-state index in [2.05, 4.69) is 5.32 Å². The van der Waals surface area contributed by atoms with E-state index >= 15 is 0 Å². The van der Waals surface area contributed by atoms with Gasteiger partial charge in [-0.25, -0.2) is 0 Å². The van der Waals surface area contributed by atoms with Gasteiger partial charge in [0.1, 0.15) is 6.10 Å². The first-order chi connectivity index (χ1) is 5.11. The van der Waals surface area contributed by atoms with Gasteiger partial charge in [-0.1, -0.05) is 0 Å². The molecular weight excluding hydrogens is 144 g/mol. The molecule has 1 rings (SSSR count). The quantitative estimate of drug-likeness (QED) is 0.491. The fraction of sp³-hybridized carbons (Fsp3) is 0.857. The van der Waals surface area contributed by atoms with Gasteiger partial charge in [-0.3, -0.25) is 4.79 Å². The van der Waals surface area contributed by atoms with Crippen molar-refractivity contribution in [2.24, 2.45) is 5.73 Å². The molecule has 1 fully saturated rings. The Morgan fingerprint density at radius 2 is 2.27 bits per heavy atom. The highest BCUT2D eigenvalue weighted by molar-refractivity contribution is 5.81. The summed E-state index contributed by atoms with van der Waals surface area (Å²) in [5.74, 6) is -0.345. The Balaban J connectivity index is 2.26. The molecule has 0 spiro atoms. The van der Waals surface area contributed by atoms with Crippen molar-refractivity contribution in [2.45, 2.75) is 38.0 Å². The number of nitrogens with one attached hydrogen (secondary N) is 1. The van der Waals surface area contributed by atoms with Gasteiger partial charge in [-0.15, -0.1) is 0 Å². The van der Waals surface area contributed by atoms with Gasteiger partial charge in [0.05, 0.1) is 0 Å². The summed E-state index contributed by atoms with van der Waals surface area (Å²) in [6.45, 7) is 1.61. The first kappa shape index (κ1) is 8.49. The van der Waals surface area contributed by atoms with Crippen LogP contribution in [0.5, 0.6) is 0 Å². The van der Waals surface area contributed by atoms with Crippen molar-refractivity contribution >= 4 is 5.91 Å². The Hall–Kier alpha value is -0.610. The van der Waals surface area contributed by atoms with Gasteiger partial charge < -0.3 is 16.2 Å². The second-order valence-corrected chi connectivity index (χ2v) is 3.09. The molecule has 0 heterocycles. The van der Waals surface area contributed by atoms with Crippen molar-refractivity contribution in [3.63, 3.8) is 0 Å². The Labute approximate surface area is 65.8 Å². The zero-order chi connectivity index (χ0) is 8.43. The van der Waals surface area contributed by atoms with Crippen LogP contribution in [-0.2, 0) is 4.79 Å². The SMILES string of the molecule is CC(N)C(O)C(=O)NC1CC1. The molecule has 0 aromatic heterocycles. The molecule has 2 atom stereocenters. The summed E-state index contributed by atoms with van der Waals surface area (Å²) in [4.78, 5) is 11.0. The molecule has 0 aliphatic heterocycles. The lowest BCUT2D eigenvalue weighted by Gasteiger charge is -2.13. The average molecular weight is 158 g/mol. The van der Waals surface area contributed by atoms with Crippen LogP contribution in [0.1, 0.15) is 19.8 Å². The molecule has 4 nitrogen and oxygen atoms in total. The highest BCUT2D eigenvalue weighted by atomic mass is 16.3. The topological polar surface area (TPSA) is 75.3 Å². The van der Waals surface area contributed by atoms with E-state index in [0.717, 1.165) is 12.8 Å². The second kappa shape index (κ2) is 3.19. The maximum atomic E-state index is 11.0. The van der Waals surface area contributed by atoms with E-state index in [1.807, 2.05) is 0 Å². The Kier molecular flexibility index (Phi) is 2.46. The Bertz CT molecular complexity index is 155. The molecule has 2 unspecified atom stereocenters. The molecule has 64 valence electrons. The number of nitrogens with two attached hydrogens (primary N) is 1. The molecule has 4 N–H and O–H groups in total. The molecule has 0 aromatic rings. The number of amides is 1. The van der Waals surface area contributed by atoms with E-state index in [4.69, 9.17) is 10.8 Å². The van der Waals surface area contributed by atoms with Crippen LogP contribution < -0.4 is 11.1 Å². The standard InChI is InChI=1S/C7H14N2O2/c1-4(8)6(10)7(11)9-5-2-3-5/h4-6,10H,2-3,8H2,1H3,(H,9,11). The van der Waals surface area contributed by atoms with Gasteiger partial charge in [0.15, 0.2) is 0 Å². The van der Waals surface area contributed by atoms with E-state index < -0.39 is 12.1 Å². The first-order valence-corrected chi connectivity index (χ1v) is 3.85. The van der Waals surface area contributed by atoms with E-state index in [1.54, 1.807) is 6.92 Å². The highest BCUT2D eigenvalue weighted by Gasteiger charge is 2.27. The molecule has 1 aliphatic rings. The summed E-state index contributed by atoms with van der Waals surface area (Å²) in [6, 6.07) is -0.204. The number of hydrogen-bond acceptors (Lipinski definition) is 3. The fourth-order valence-electron chi connectivity index (χ4n) is 0.753. The monoisotopic (exact) mass is 158 g/mol. The number of carbonyl (C=O) groups excluding carboxylic acids is 1. The molecule has 4 heteroatoms. The minimum absolute atomic E-state index is 0.288. The van der Waals surface area contributed by atoms with Crippen molar-refractivity contribution in [2.75, 3.05) is 0 Å². The average Bonchev–Trinajstić information content (AvgIpc) is 2.69. The molecule has 0 radical (unpaired) electrons. The summed E-state index contributed by atoms with van der Waals surface area (Å²) >= 11 is 0. The van der Waals surface area contributed by atoms with Gasteiger partial charge >= 0.3 is 0 Å². The summed E-state index contributed by atoms with van der Waals surface area (Å²) in [7, 11) is 0. The van der Waals surface area contributed by atoms with E-state index in [0.29, 0.717) is 0 Å². The van der Waals surface area contributed by atoms with Gasteiger partial charge in [0, 0.05) is 12.1 Å². The summed E-state index contributed by atoms with van der Waals surface area (Å²) in [5.41, 5.74) is 5.32. The molecule has 11 heavy (non-hydrogen) atoms. The zero-order valence-electron chi connectivity index (χ0n) is 6.58. The molecule has 1 saturated carbocycles. The number of aliphatic hydroxyl groups is 1. The van der Waals surface area contributed by atoms with Crippen LogP contribution in [-0.4, -0.2) is 29.2 Å². The summed E-state index contributed by atoms with van der Waals surface area (Å²) < 4.78 is 0.